The first kappa shape index (κ1) is 12.4. The van der Waals surface area contributed by atoms with E-state index in [2.05, 4.69) is 5.92 Å². The molecule has 0 bridgehead atoms. The molecule has 0 spiro atoms. The molecule has 0 amide bonds. The van der Waals surface area contributed by atoms with E-state index in [1.807, 2.05) is 12.1 Å². The van der Waals surface area contributed by atoms with E-state index >= 15 is 0 Å². The average Bonchev–Trinajstić information content (AvgIpc) is 2.02. The molecule has 1 heterocycles. The van der Waals surface area contributed by atoms with Crippen LogP contribution < -0.4 is 10.5 Å². The summed E-state index contributed by atoms with van der Waals surface area (Å²) in [6.45, 7) is 0. The minimum absolute atomic E-state index is 0.604. The summed E-state index contributed by atoms with van der Waals surface area (Å²) >= 11 is 0. The highest BCUT2D eigenvalue weighted by Crippen LogP contribution is 1.83. The largest absolute Gasteiger partial charge is 0.748 e. The number of nitrogens with zero attached hydrogens (tertiary/aromatic N) is 1. The maximum absolute atomic E-state index is 9.08. The lowest BCUT2D eigenvalue weighted by molar-refractivity contribution is -0.641. The van der Waals surface area contributed by atoms with E-state index in [0.717, 1.165) is 0 Å². The molecule has 0 aliphatic heterocycles. The van der Waals surface area contributed by atoms with Gasteiger partial charge in [-0.15, -0.1) is 6.42 Å². The second-order valence-corrected chi connectivity index (χ2v) is 3.75. The van der Waals surface area contributed by atoms with E-state index in [4.69, 9.17) is 25.2 Å². The first-order valence-electron chi connectivity index (χ1n) is 3.48. The molecule has 0 radical (unpaired) electrons. The van der Waals surface area contributed by atoms with Gasteiger partial charge in [-0.2, -0.15) is 0 Å². The fourth-order valence-corrected chi connectivity index (χ4v) is 0.578. The van der Waals surface area contributed by atoms with Crippen molar-refractivity contribution in [1.29, 1.82) is 0 Å². The molecule has 14 heavy (non-hydrogen) atoms. The van der Waals surface area contributed by atoms with Crippen LogP contribution in [-0.4, -0.2) is 19.2 Å². The molecular formula is C8H10N2O3S. The van der Waals surface area contributed by atoms with Crippen molar-refractivity contribution in [2.24, 2.45) is 0 Å². The van der Waals surface area contributed by atoms with Gasteiger partial charge in [0, 0.05) is 24.3 Å². The number of hydrogen-bond donors (Lipinski definition) is 1. The molecule has 0 saturated heterocycles. The monoisotopic (exact) mass is 214 g/mol. The van der Waals surface area contributed by atoms with E-state index in [-0.39, 0.29) is 0 Å². The van der Waals surface area contributed by atoms with Gasteiger partial charge in [0.25, 0.3) is 5.69 Å². The van der Waals surface area contributed by atoms with Crippen molar-refractivity contribution < 1.29 is 17.6 Å². The van der Waals surface area contributed by atoms with Gasteiger partial charge in [-0.25, -0.2) is 14.3 Å². The van der Waals surface area contributed by atoms with Crippen molar-refractivity contribution in [2.45, 2.75) is 0 Å². The van der Waals surface area contributed by atoms with Gasteiger partial charge >= 0.3 is 0 Å². The highest BCUT2D eigenvalue weighted by Gasteiger charge is 1.97. The SMILES string of the molecule is C#Cc1cccc[n+]1N.CS(=O)(=O)[O-]. The van der Waals surface area contributed by atoms with Crippen molar-refractivity contribution in [3.63, 3.8) is 0 Å². The van der Waals surface area contributed by atoms with Crippen LogP contribution in [0.3, 0.4) is 0 Å². The molecule has 0 fully saturated rings. The van der Waals surface area contributed by atoms with Crippen LogP contribution in [0.4, 0.5) is 0 Å². The number of nitrogen functional groups attached to an aromatic ring is 1. The Labute approximate surface area is 82.9 Å². The quantitative estimate of drug-likeness (QED) is 0.255. The van der Waals surface area contributed by atoms with Crippen LogP contribution in [0.25, 0.3) is 0 Å². The average molecular weight is 214 g/mol. The number of rotatable bonds is 0. The molecule has 0 aromatic carbocycles. The number of pyridine rings is 1. The third-order valence-electron chi connectivity index (χ3n) is 1.04. The number of terminal acetylenes is 1. The fourth-order valence-electron chi connectivity index (χ4n) is 0.578. The zero-order valence-corrected chi connectivity index (χ0v) is 8.36. The van der Waals surface area contributed by atoms with Crippen molar-refractivity contribution in [3.8, 4) is 12.3 Å². The second kappa shape index (κ2) is 5.21. The van der Waals surface area contributed by atoms with E-state index < -0.39 is 10.1 Å². The maximum atomic E-state index is 9.08. The predicted octanol–water partition coefficient (Wildman–Crippen LogP) is -1.17. The van der Waals surface area contributed by atoms with Gasteiger partial charge in [0.15, 0.2) is 0 Å². The summed E-state index contributed by atoms with van der Waals surface area (Å²) in [6, 6.07) is 5.44. The van der Waals surface area contributed by atoms with Crippen LogP contribution in [-0.2, 0) is 10.1 Å². The van der Waals surface area contributed by atoms with E-state index in [1.165, 1.54) is 4.68 Å². The topological polar surface area (TPSA) is 87.1 Å². The fraction of sp³-hybridized carbons (Fsp3) is 0.125. The molecule has 1 aromatic rings. The molecule has 0 atom stereocenters. The normalized spacial score (nSPS) is 9.50. The number of nitrogens with two attached hydrogens (primary N) is 1. The molecule has 0 unspecified atom stereocenters. The molecule has 6 heteroatoms. The second-order valence-electron chi connectivity index (χ2n) is 2.34. The maximum Gasteiger partial charge on any atom is 0.285 e. The van der Waals surface area contributed by atoms with Gasteiger partial charge in [0.05, 0.1) is 10.1 Å². The summed E-state index contributed by atoms with van der Waals surface area (Å²) in [6.07, 6.45) is 7.41. The predicted molar refractivity (Wildman–Crippen MR) is 50.3 cm³/mol. The summed E-state index contributed by atoms with van der Waals surface area (Å²) in [7, 11) is -3.92. The van der Waals surface area contributed by atoms with Crippen LogP contribution in [0.2, 0.25) is 0 Å². The molecule has 76 valence electrons. The first-order chi connectivity index (χ1) is 6.34. The zero-order valence-electron chi connectivity index (χ0n) is 7.54. The Morgan fingerprint density at radius 2 is 2.07 bits per heavy atom. The van der Waals surface area contributed by atoms with Gasteiger partial charge < -0.3 is 4.55 Å². The van der Waals surface area contributed by atoms with Crippen LogP contribution in [0, 0.1) is 12.3 Å². The first-order valence-corrected chi connectivity index (χ1v) is 5.29. The van der Waals surface area contributed by atoms with Crippen molar-refractivity contribution in [3.05, 3.63) is 30.1 Å². The standard InChI is InChI=1S/C7H7N2.CH4O3S/c1-2-7-5-3-4-6-9(7)8;1-5(2,3)4/h1,3-6H,8H2;1H3,(H,2,3,4)/q+1;/p-1. The lowest BCUT2D eigenvalue weighted by Gasteiger charge is -1.90. The summed E-state index contributed by atoms with van der Waals surface area (Å²) < 4.78 is 28.6. The molecular weight excluding hydrogens is 204 g/mol. The molecule has 0 aliphatic rings. The van der Waals surface area contributed by atoms with Gasteiger partial charge in [-0.05, 0) is 6.07 Å². The van der Waals surface area contributed by atoms with Gasteiger partial charge in [0.1, 0.15) is 0 Å². The van der Waals surface area contributed by atoms with E-state index in [0.29, 0.717) is 11.9 Å². The third-order valence-corrected chi connectivity index (χ3v) is 1.04. The summed E-state index contributed by atoms with van der Waals surface area (Å²) in [5.74, 6) is 7.84. The smallest absolute Gasteiger partial charge is 0.285 e. The molecule has 1 aromatic heterocycles. The van der Waals surface area contributed by atoms with E-state index in [9.17, 15) is 0 Å². The Balaban J connectivity index is 0.000000292. The summed E-state index contributed by atoms with van der Waals surface area (Å²) in [5.41, 5.74) is 0.678. The molecule has 0 saturated carbocycles. The Morgan fingerprint density at radius 3 is 2.36 bits per heavy atom. The van der Waals surface area contributed by atoms with Crippen LogP contribution in [0.1, 0.15) is 5.69 Å². The van der Waals surface area contributed by atoms with Gasteiger partial charge in [-0.3, -0.25) is 0 Å². The lowest BCUT2D eigenvalue weighted by atomic mass is 10.4. The van der Waals surface area contributed by atoms with Crippen LogP contribution >= 0.6 is 0 Å². The molecule has 0 aliphatic carbocycles. The van der Waals surface area contributed by atoms with Gasteiger partial charge in [0.2, 0.25) is 6.20 Å². The minimum Gasteiger partial charge on any atom is -0.748 e. The molecule has 1 rings (SSSR count). The Morgan fingerprint density at radius 1 is 1.57 bits per heavy atom. The highest BCUT2D eigenvalue weighted by atomic mass is 32.2. The van der Waals surface area contributed by atoms with E-state index in [1.54, 1.807) is 12.3 Å². The Bertz CT molecular complexity index is 426. The van der Waals surface area contributed by atoms with Crippen LogP contribution in [0.5, 0.6) is 0 Å². The number of hydrogen-bond acceptors (Lipinski definition) is 4. The third kappa shape index (κ3) is 7.09. The Hall–Kier alpha value is -1.58. The molecule has 2 N–H and O–H groups in total. The highest BCUT2D eigenvalue weighted by molar-refractivity contribution is 7.84. The molecule has 5 nitrogen and oxygen atoms in total. The van der Waals surface area contributed by atoms with Crippen molar-refractivity contribution >= 4 is 10.1 Å². The van der Waals surface area contributed by atoms with Crippen molar-refractivity contribution in [1.82, 2.24) is 0 Å². The summed E-state index contributed by atoms with van der Waals surface area (Å²) in [5, 5.41) is 0. The lowest BCUT2D eigenvalue weighted by Crippen LogP contribution is -2.46. The zero-order chi connectivity index (χ0) is 11.2. The summed E-state index contributed by atoms with van der Waals surface area (Å²) in [4.78, 5) is 0. The minimum atomic E-state index is -3.92. The Kier molecular flexibility index (Phi) is 4.63. The number of aromatic nitrogens is 1. The van der Waals surface area contributed by atoms with Gasteiger partial charge in [-0.1, -0.05) is 4.68 Å². The van der Waals surface area contributed by atoms with Crippen molar-refractivity contribution in [2.75, 3.05) is 12.1 Å². The van der Waals surface area contributed by atoms with Crippen LogP contribution in [0.15, 0.2) is 24.4 Å².